The van der Waals surface area contributed by atoms with Crippen molar-refractivity contribution in [1.29, 1.82) is 0 Å². The summed E-state index contributed by atoms with van der Waals surface area (Å²) < 4.78 is 5.85. The molecule has 122 valence electrons. The Balaban J connectivity index is 1.44. The van der Waals surface area contributed by atoms with Crippen LogP contribution in [0.15, 0.2) is 53.8 Å². The molecule has 2 aliphatic rings. The van der Waals surface area contributed by atoms with Crippen molar-refractivity contribution in [3.8, 4) is 5.75 Å². The lowest BCUT2D eigenvalue weighted by Gasteiger charge is -2.20. The zero-order valence-corrected chi connectivity index (χ0v) is 13.8. The van der Waals surface area contributed by atoms with Crippen LogP contribution in [0.3, 0.4) is 0 Å². The lowest BCUT2D eigenvalue weighted by Crippen LogP contribution is -2.28. The molecule has 23 heavy (non-hydrogen) atoms. The number of nitrogens with one attached hydrogen (secondary N) is 1. The first-order chi connectivity index (χ1) is 11.2. The maximum atomic E-state index is 5.85. The minimum absolute atomic E-state index is 0.739. The maximum absolute atomic E-state index is 5.85. The van der Waals surface area contributed by atoms with Gasteiger partial charge in [-0.25, -0.2) is 0 Å². The molecule has 0 aromatic heterocycles. The summed E-state index contributed by atoms with van der Waals surface area (Å²) >= 11 is 0. The van der Waals surface area contributed by atoms with E-state index in [4.69, 9.17) is 4.74 Å². The highest BCUT2D eigenvalue weighted by molar-refractivity contribution is 6.09. The van der Waals surface area contributed by atoms with Crippen LogP contribution in [0.5, 0.6) is 5.75 Å². The molecule has 1 saturated heterocycles. The molecule has 0 saturated carbocycles. The van der Waals surface area contributed by atoms with E-state index in [0.717, 1.165) is 48.3 Å². The Labute approximate surface area is 138 Å². The molecule has 0 unspecified atom stereocenters. The van der Waals surface area contributed by atoms with Gasteiger partial charge in [-0.3, -0.25) is 5.43 Å². The Bertz CT molecular complexity index is 604. The van der Waals surface area contributed by atoms with E-state index in [1.54, 1.807) is 0 Å². The standard InChI is InChI=1S/C19H25N3O/c1-15-6-11-19(21-20-15)17-7-9-18(10-8-17)23-14-4-13-22-12-3-5-16(22)2/h6-11,16,20H,1,3-5,12-14H2,2H3/t16-/m1/s1. The molecule has 1 N–H and O–H groups in total. The summed E-state index contributed by atoms with van der Waals surface area (Å²) in [6.07, 6.45) is 7.64. The highest BCUT2D eigenvalue weighted by Crippen LogP contribution is 2.17. The van der Waals surface area contributed by atoms with Gasteiger partial charge in [0.25, 0.3) is 0 Å². The summed E-state index contributed by atoms with van der Waals surface area (Å²) in [7, 11) is 0. The Morgan fingerprint density at radius 1 is 1.30 bits per heavy atom. The van der Waals surface area contributed by atoms with Crippen LogP contribution in [0.4, 0.5) is 0 Å². The predicted molar refractivity (Wildman–Crippen MR) is 94.8 cm³/mol. The average Bonchev–Trinajstić information content (AvgIpc) is 2.98. The van der Waals surface area contributed by atoms with Crippen molar-refractivity contribution in [2.24, 2.45) is 5.10 Å². The van der Waals surface area contributed by atoms with E-state index in [2.05, 4.69) is 28.9 Å². The van der Waals surface area contributed by atoms with Crippen molar-refractivity contribution >= 4 is 5.71 Å². The van der Waals surface area contributed by atoms with Gasteiger partial charge in [-0.15, -0.1) is 0 Å². The SMILES string of the molecule is C=C1C=CC(c2ccc(OCCCN3CCC[C@H]3C)cc2)=NN1. The molecule has 0 amide bonds. The maximum Gasteiger partial charge on any atom is 0.119 e. The average molecular weight is 311 g/mol. The van der Waals surface area contributed by atoms with E-state index in [9.17, 15) is 0 Å². The second-order valence-electron chi connectivity index (χ2n) is 6.22. The molecule has 0 aliphatic carbocycles. The number of hydrogen-bond acceptors (Lipinski definition) is 4. The van der Waals surface area contributed by atoms with Crippen molar-refractivity contribution in [2.45, 2.75) is 32.2 Å². The highest BCUT2D eigenvalue weighted by Gasteiger charge is 2.19. The quantitative estimate of drug-likeness (QED) is 0.819. The van der Waals surface area contributed by atoms with Gasteiger partial charge >= 0.3 is 0 Å². The first-order valence-electron chi connectivity index (χ1n) is 8.40. The molecule has 4 nitrogen and oxygen atoms in total. The first-order valence-corrected chi connectivity index (χ1v) is 8.40. The van der Waals surface area contributed by atoms with Gasteiger partial charge in [0.05, 0.1) is 12.3 Å². The summed E-state index contributed by atoms with van der Waals surface area (Å²) in [6.45, 7) is 9.27. The number of likely N-dealkylation sites (tertiary alicyclic amines) is 1. The Morgan fingerprint density at radius 2 is 2.13 bits per heavy atom. The summed E-state index contributed by atoms with van der Waals surface area (Å²) in [5, 5.41) is 4.27. The molecule has 0 spiro atoms. The number of ether oxygens (including phenoxy) is 1. The summed E-state index contributed by atoms with van der Waals surface area (Å²) in [5.74, 6) is 0.918. The van der Waals surface area contributed by atoms with Crippen LogP contribution in [-0.4, -0.2) is 36.3 Å². The van der Waals surface area contributed by atoms with E-state index in [1.807, 2.05) is 36.4 Å². The van der Waals surface area contributed by atoms with E-state index < -0.39 is 0 Å². The zero-order valence-electron chi connectivity index (χ0n) is 13.8. The summed E-state index contributed by atoms with van der Waals surface area (Å²) in [4.78, 5) is 2.56. The van der Waals surface area contributed by atoms with Crippen LogP contribution < -0.4 is 10.2 Å². The molecule has 2 heterocycles. The van der Waals surface area contributed by atoms with Gasteiger partial charge < -0.3 is 9.64 Å². The second kappa shape index (κ2) is 7.47. The van der Waals surface area contributed by atoms with Crippen molar-refractivity contribution < 1.29 is 4.74 Å². The van der Waals surface area contributed by atoms with Crippen molar-refractivity contribution in [2.75, 3.05) is 19.7 Å². The number of hydrogen-bond donors (Lipinski definition) is 1. The molecular weight excluding hydrogens is 286 g/mol. The van der Waals surface area contributed by atoms with Crippen molar-refractivity contribution in [3.63, 3.8) is 0 Å². The van der Waals surface area contributed by atoms with Gasteiger partial charge in [0.15, 0.2) is 0 Å². The second-order valence-corrected chi connectivity index (χ2v) is 6.22. The fraction of sp³-hybridized carbons (Fsp3) is 0.421. The third-order valence-electron chi connectivity index (χ3n) is 4.46. The van der Waals surface area contributed by atoms with Crippen LogP contribution in [0.1, 0.15) is 31.7 Å². The third-order valence-corrected chi connectivity index (χ3v) is 4.46. The van der Waals surface area contributed by atoms with E-state index in [0.29, 0.717) is 0 Å². The van der Waals surface area contributed by atoms with Gasteiger partial charge in [-0.1, -0.05) is 6.58 Å². The lowest BCUT2D eigenvalue weighted by atomic mass is 10.1. The van der Waals surface area contributed by atoms with Gasteiger partial charge in [0.1, 0.15) is 5.75 Å². The smallest absolute Gasteiger partial charge is 0.119 e. The number of rotatable bonds is 6. The molecule has 2 aliphatic heterocycles. The van der Waals surface area contributed by atoms with Crippen LogP contribution >= 0.6 is 0 Å². The molecule has 0 bridgehead atoms. The van der Waals surface area contributed by atoms with Crippen LogP contribution in [0, 0.1) is 0 Å². The molecule has 1 atom stereocenters. The van der Waals surface area contributed by atoms with Crippen LogP contribution in [0.25, 0.3) is 0 Å². The minimum Gasteiger partial charge on any atom is -0.494 e. The fourth-order valence-corrected chi connectivity index (χ4v) is 3.05. The van der Waals surface area contributed by atoms with Crippen molar-refractivity contribution in [1.82, 2.24) is 10.3 Å². The van der Waals surface area contributed by atoms with Crippen LogP contribution in [-0.2, 0) is 0 Å². The summed E-state index contributed by atoms with van der Waals surface area (Å²) in [6, 6.07) is 8.83. The lowest BCUT2D eigenvalue weighted by molar-refractivity contribution is 0.230. The van der Waals surface area contributed by atoms with E-state index >= 15 is 0 Å². The van der Waals surface area contributed by atoms with Gasteiger partial charge in [0, 0.05) is 23.8 Å². The monoisotopic (exact) mass is 311 g/mol. The minimum atomic E-state index is 0.739. The topological polar surface area (TPSA) is 36.9 Å². The summed E-state index contributed by atoms with van der Waals surface area (Å²) in [5.41, 5.74) is 5.67. The van der Waals surface area contributed by atoms with Crippen molar-refractivity contribution in [3.05, 3.63) is 54.3 Å². The molecule has 1 aromatic carbocycles. The number of benzene rings is 1. The number of hydrazone groups is 1. The normalized spacial score (nSPS) is 21.2. The Morgan fingerprint density at radius 3 is 2.78 bits per heavy atom. The van der Waals surface area contributed by atoms with Crippen LogP contribution in [0.2, 0.25) is 0 Å². The van der Waals surface area contributed by atoms with Gasteiger partial charge in [-0.2, -0.15) is 5.10 Å². The fourth-order valence-electron chi connectivity index (χ4n) is 3.05. The van der Waals surface area contributed by atoms with E-state index in [-0.39, 0.29) is 0 Å². The molecule has 1 aromatic rings. The zero-order chi connectivity index (χ0) is 16.1. The van der Waals surface area contributed by atoms with Gasteiger partial charge in [0.2, 0.25) is 0 Å². The highest BCUT2D eigenvalue weighted by atomic mass is 16.5. The molecule has 1 fully saturated rings. The molecule has 3 rings (SSSR count). The van der Waals surface area contributed by atoms with Gasteiger partial charge in [-0.05, 0) is 69.1 Å². The Hall–Kier alpha value is -2.07. The van der Waals surface area contributed by atoms with E-state index in [1.165, 1.54) is 19.4 Å². The number of allylic oxidation sites excluding steroid dienone is 2. The first kappa shape index (κ1) is 15.8. The molecule has 4 heteroatoms. The third kappa shape index (κ3) is 4.23. The molecular formula is C19H25N3O. The number of nitrogens with zero attached hydrogens (tertiary/aromatic N) is 2. The largest absolute Gasteiger partial charge is 0.494 e. The molecule has 0 radical (unpaired) electrons. The predicted octanol–water partition coefficient (Wildman–Crippen LogP) is 3.32. The Kier molecular flexibility index (Phi) is 5.13.